The standard InChI is InChI=1S/C19H16F6O/c1-11(13-3-7-15(8-4-13)18(20,21)22)17(26)12(2)14-5-9-16(10-6-14)19(23,24)25/h3-12H,1-2H3. The lowest BCUT2D eigenvalue weighted by molar-refractivity contribution is -0.138. The average Bonchev–Trinajstić information content (AvgIpc) is 2.58. The Morgan fingerprint density at radius 1 is 0.654 bits per heavy atom. The third kappa shape index (κ3) is 4.45. The molecular weight excluding hydrogens is 358 g/mol. The molecule has 0 aliphatic heterocycles. The summed E-state index contributed by atoms with van der Waals surface area (Å²) in [6, 6.07) is 8.58. The smallest absolute Gasteiger partial charge is 0.298 e. The molecule has 2 aromatic rings. The number of halogens is 6. The monoisotopic (exact) mass is 374 g/mol. The Kier molecular flexibility index (Phi) is 5.49. The van der Waals surface area contributed by atoms with E-state index < -0.39 is 35.3 Å². The van der Waals surface area contributed by atoms with Crippen LogP contribution in [-0.2, 0) is 17.1 Å². The summed E-state index contributed by atoms with van der Waals surface area (Å²) < 4.78 is 75.6. The van der Waals surface area contributed by atoms with Crippen LogP contribution in [0.5, 0.6) is 0 Å². The molecule has 26 heavy (non-hydrogen) atoms. The fraction of sp³-hybridized carbons (Fsp3) is 0.316. The van der Waals surface area contributed by atoms with Crippen LogP contribution in [0, 0.1) is 0 Å². The van der Waals surface area contributed by atoms with Gasteiger partial charge in [-0.1, -0.05) is 38.1 Å². The first-order chi connectivity index (χ1) is 11.9. The second-order valence-corrected chi connectivity index (χ2v) is 6.09. The molecule has 0 aliphatic rings. The van der Waals surface area contributed by atoms with Crippen molar-refractivity contribution in [3.8, 4) is 0 Å². The molecule has 0 saturated carbocycles. The first-order valence-corrected chi connectivity index (χ1v) is 7.79. The highest BCUT2D eigenvalue weighted by atomic mass is 19.4. The Bertz CT molecular complexity index is 691. The summed E-state index contributed by atoms with van der Waals surface area (Å²) >= 11 is 0. The topological polar surface area (TPSA) is 17.1 Å². The van der Waals surface area contributed by atoms with Gasteiger partial charge in [-0.2, -0.15) is 26.3 Å². The van der Waals surface area contributed by atoms with Gasteiger partial charge < -0.3 is 0 Å². The van der Waals surface area contributed by atoms with Crippen LogP contribution >= 0.6 is 0 Å². The number of ketones is 1. The number of hydrogen-bond acceptors (Lipinski definition) is 1. The summed E-state index contributed by atoms with van der Waals surface area (Å²) in [4.78, 5) is 12.6. The van der Waals surface area contributed by atoms with Crippen LogP contribution in [0.3, 0.4) is 0 Å². The summed E-state index contributed by atoms with van der Waals surface area (Å²) in [6.07, 6.45) is -8.92. The molecule has 2 aromatic carbocycles. The highest BCUT2D eigenvalue weighted by molar-refractivity contribution is 5.91. The molecule has 0 aliphatic carbocycles. The fourth-order valence-electron chi connectivity index (χ4n) is 2.63. The molecule has 0 N–H and O–H groups in total. The molecule has 0 fully saturated rings. The molecule has 2 atom stereocenters. The SMILES string of the molecule is CC(C(=O)C(C)c1ccc(C(F)(F)F)cc1)c1ccc(C(F)(F)F)cc1. The van der Waals surface area contributed by atoms with Crippen molar-refractivity contribution in [3.05, 3.63) is 70.8 Å². The first-order valence-electron chi connectivity index (χ1n) is 7.79. The average molecular weight is 374 g/mol. The molecule has 2 rings (SSSR count). The molecule has 1 nitrogen and oxygen atoms in total. The molecule has 0 spiro atoms. The van der Waals surface area contributed by atoms with Crippen molar-refractivity contribution in [1.29, 1.82) is 0 Å². The molecular formula is C19H16F6O. The summed E-state index contributed by atoms with van der Waals surface area (Å²) in [5.41, 5.74) is -0.781. The number of Topliss-reactive ketones (excluding diaryl/α,β-unsaturated/α-hetero) is 1. The highest BCUT2D eigenvalue weighted by Crippen LogP contribution is 2.33. The maximum absolute atomic E-state index is 12.6. The molecule has 7 heteroatoms. The van der Waals surface area contributed by atoms with Crippen LogP contribution < -0.4 is 0 Å². The van der Waals surface area contributed by atoms with E-state index >= 15 is 0 Å². The molecule has 0 amide bonds. The predicted molar refractivity (Wildman–Crippen MR) is 84.7 cm³/mol. The lowest BCUT2D eigenvalue weighted by Gasteiger charge is -2.18. The predicted octanol–water partition coefficient (Wildman–Crippen LogP) is 6.20. The Morgan fingerprint density at radius 3 is 1.15 bits per heavy atom. The molecule has 140 valence electrons. The molecule has 0 saturated heterocycles. The van der Waals surface area contributed by atoms with E-state index in [1.54, 1.807) is 13.8 Å². The van der Waals surface area contributed by atoms with Gasteiger partial charge in [-0.25, -0.2) is 0 Å². The maximum Gasteiger partial charge on any atom is 0.416 e. The van der Waals surface area contributed by atoms with Crippen molar-refractivity contribution in [2.24, 2.45) is 0 Å². The zero-order chi connectivity index (χ0) is 19.7. The van der Waals surface area contributed by atoms with Crippen LogP contribution in [0.2, 0.25) is 0 Å². The van der Waals surface area contributed by atoms with Gasteiger partial charge in [0.15, 0.2) is 0 Å². The molecule has 2 unspecified atom stereocenters. The first kappa shape index (κ1) is 20.0. The molecule has 0 heterocycles. The fourth-order valence-corrected chi connectivity index (χ4v) is 2.63. The van der Waals surface area contributed by atoms with Crippen molar-refractivity contribution in [2.45, 2.75) is 38.0 Å². The lowest BCUT2D eigenvalue weighted by Crippen LogP contribution is -2.17. The van der Waals surface area contributed by atoms with E-state index in [4.69, 9.17) is 0 Å². The van der Waals surface area contributed by atoms with Crippen molar-refractivity contribution in [3.63, 3.8) is 0 Å². The van der Waals surface area contributed by atoms with Gasteiger partial charge in [0.1, 0.15) is 5.78 Å². The number of alkyl halides is 6. The summed E-state index contributed by atoms with van der Waals surface area (Å²) in [7, 11) is 0. The number of carbonyl (C=O) groups is 1. The Balaban J connectivity index is 2.16. The molecule has 0 bridgehead atoms. The van der Waals surface area contributed by atoms with Gasteiger partial charge in [0, 0.05) is 11.8 Å². The lowest BCUT2D eigenvalue weighted by atomic mass is 9.85. The normalized spacial score (nSPS) is 14.8. The van der Waals surface area contributed by atoms with E-state index in [2.05, 4.69) is 0 Å². The van der Waals surface area contributed by atoms with Gasteiger partial charge in [0.2, 0.25) is 0 Å². The molecule has 0 radical (unpaired) electrons. The number of rotatable bonds is 4. The highest BCUT2D eigenvalue weighted by Gasteiger charge is 2.32. The maximum atomic E-state index is 12.6. The van der Waals surface area contributed by atoms with Gasteiger partial charge in [0.25, 0.3) is 0 Å². The van der Waals surface area contributed by atoms with Gasteiger partial charge in [0.05, 0.1) is 11.1 Å². The minimum Gasteiger partial charge on any atom is -0.298 e. The Labute approximate surface area is 146 Å². The van der Waals surface area contributed by atoms with E-state index in [1.165, 1.54) is 24.3 Å². The van der Waals surface area contributed by atoms with E-state index in [0.29, 0.717) is 11.1 Å². The Hall–Kier alpha value is -2.31. The van der Waals surface area contributed by atoms with Crippen LogP contribution in [0.25, 0.3) is 0 Å². The largest absolute Gasteiger partial charge is 0.416 e. The minimum absolute atomic E-state index is 0.287. The summed E-state index contributed by atoms with van der Waals surface area (Å²) in [6.45, 7) is 3.12. The zero-order valence-electron chi connectivity index (χ0n) is 13.9. The van der Waals surface area contributed by atoms with Gasteiger partial charge in [-0.05, 0) is 35.4 Å². The van der Waals surface area contributed by atoms with E-state index in [9.17, 15) is 31.1 Å². The third-order valence-electron chi connectivity index (χ3n) is 4.33. The zero-order valence-corrected chi connectivity index (χ0v) is 13.9. The van der Waals surface area contributed by atoms with Crippen LogP contribution in [-0.4, -0.2) is 5.78 Å². The third-order valence-corrected chi connectivity index (χ3v) is 4.33. The second-order valence-electron chi connectivity index (χ2n) is 6.09. The van der Waals surface area contributed by atoms with Gasteiger partial charge >= 0.3 is 12.4 Å². The van der Waals surface area contributed by atoms with Gasteiger partial charge in [-0.3, -0.25) is 4.79 Å². The minimum atomic E-state index is -4.46. The molecule has 0 aromatic heterocycles. The summed E-state index contributed by atoms with van der Waals surface area (Å²) in [5.74, 6) is -1.66. The quantitative estimate of drug-likeness (QED) is 0.582. The number of benzene rings is 2. The second kappa shape index (κ2) is 7.13. The van der Waals surface area contributed by atoms with Crippen LogP contribution in [0.1, 0.15) is 47.9 Å². The van der Waals surface area contributed by atoms with Gasteiger partial charge in [-0.15, -0.1) is 0 Å². The van der Waals surface area contributed by atoms with Crippen molar-refractivity contribution < 1.29 is 31.1 Å². The van der Waals surface area contributed by atoms with E-state index in [-0.39, 0.29) is 5.78 Å². The Morgan fingerprint density at radius 2 is 0.923 bits per heavy atom. The van der Waals surface area contributed by atoms with E-state index in [0.717, 1.165) is 24.3 Å². The van der Waals surface area contributed by atoms with E-state index in [1.807, 2.05) is 0 Å². The number of carbonyl (C=O) groups excluding carboxylic acids is 1. The van der Waals surface area contributed by atoms with Crippen molar-refractivity contribution in [2.75, 3.05) is 0 Å². The van der Waals surface area contributed by atoms with Crippen molar-refractivity contribution >= 4 is 5.78 Å². The van der Waals surface area contributed by atoms with Crippen LogP contribution in [0.15, 0.2) is 48.5 Å². The number of hydrogen-bond donors (Lipinski definition) is 0. The van der Waals surface area contributed by atoms with Crippen LogP contribution in [0.4, 0.5) is 26.3 Å². The van der Waals surface area contributed by atoms with Crippen molar-refractivity contribution in [1.82, 2.24) is 0 Å². The summed E-state index contributed by atoms with van der Waals surface area (Å²) in [5, 5.41) is 0.